The van der Waals surface area contributed by atoms with Gasteiger partial charge >= 0.3 is 0 Å². The Morgan fingerprint density at radius 2 is 0.724 bits per heavy atom. The Morgan fingerprint density at radius 3 is 1.31 bits per heavy atom. The summed E-state index contributed by atoms with van der Waals surface area (Å²) in [6, 6.07) is 75.8. The fourth-order valence-electron chi connectivity index (χ4n) is 9.15. The Bertz CT molecular complexity index is 3210. The molecule has 0 unspecified atom stereocenters. The third-order valence-corrected chi connectivity index (χ3v) is 11.8. The summed E-state index contributed by atoms with van der Waals surface area (Å²) in [6.45, 7) is 4.36. The fraction of sp³-hybridized carbons (Fsp3) is 0.0357. The quantitative estimate of drug-likeness (QED) is 0.161. The number of nitrogens with zero attached hydrogens (tertiary/aromatic N) is 2. The van der Waals surface area contributed by atoms with Gasteiger partial charge in [-0.3, -0.25) is 0 Å². The zero-order valence-corrected chi connectivity index (χ0v) is 32.5. The summed E-state index contributed by atoms with van der Waals surface area (Å²) in [4.78, 5) is 0. The SMILES string of the molecule is Cc1ccc2c(c1)c1cc(C)ccc1n2-c1ccc2c(c1)c1ccccc1n2-c1cccc(-c2c(-c3ccccc3)cc(-c3ccccc3)cc2-c2ccccc2)c1. The molecule has 2 nitrogen and oxygen atoms in total. The van der Waals surface area contributed by atoms with E-state index >= 15 is 0 Å². The van der Waals surface area contributed by atoms with Gasteiger partial charge in [0.15, 0.2) is 0 Å². The van der Waals surface area contributed by atoms with Crippen molar-refractivity contribution in [3.63, 3.8) is 0 Å². The Labute approximate surface area is 338 Å². The Morgan fingerprint density at radius 1 is 0.276 bits per heavy atom. The lowest BCUT2D eigenvalue weighted by atomic mass is 9.84. The van der Waals surface area contributed by atoms with Gasteiger partial charge < -0.3 is 9.13 Å². The van der Waals surface area contributed by atoms with Crippen LogP contribution < -0.4 is 0 Å². The molecule has 0 atom stereocenters. The summed E-state index contributed by atoms with van der Waals surface area (Å²) in [5.41, 5.74) is 19.3. The average molecular weight is 741 g/mol. The monoisotopic (exact) mass is 740 g/mol. The minimum absolute atomic E-state index is 1.13. The highest BCUT2D eigenvalue weighted by Gasteiger charge is 2.20. The number of benzene rings is 9. The zero-order valence-electron chi connectivity index (χ0n) is 32.5. The van der Waals surface area contributed by atoms with Gasteiger partial charge in [-0.05, 0) is 131 Å². The van der Waals surface area contributed by atoms with Crippen molar-refractivity contribution in [3.8, 4) is 55.9 Å². The Kier molecular flexibility index (Phi) is 7.97. The van der Waals surface area contributed by atoms with Crippen LogP contribution in [0.3, 0.4) is 0 Å². The first-order valence-corrected chi connectivity index (χ1v) is 20.1. The number of hydrogen-bond donors (Lipinski definition) is 0. The minimum atomic E-state index is 1.13. The molecule has 0 N–H and O–H groups in total. The van der Waals surface area contributed by atoms with Crippen molar-refractivity contribution >= 4 is 43.6 Å². The molecule has 0 aliphatic rings. The second-order valence-electron chi connectivity index (χ2n) is 15.5. The predicted octanol–water partition coefficient (Wildman–Crippen LogP) is 15.2. The molecule has 11 rings (SSSR count). The number of fused-ring (bicyclic) bond motifs is 6. The molecule has 0 saturated carbocycles. The van der Waals surface area contributed by atoms with Crippen LogP contribution in [0.4, 0.5) is 0 Å². The summed E-state index contributed by atoms with van der Waals surface area (Å²) >= 11 is 0. The maximum Gasteiger partial charge on any atom is 0.0542 e. The normalized spacial score (nSPS) is 11.6. The number of aryl methyl sites for hydroxylation is 2. The first-order chi connectivity index (χ1) is 28.6. The summed E-state index contributed by atoms with van der Waals surface area (Å²) < 4.78 is 4.88. The Balaban J connectivity index is 1.14. The van der Waals surface area contributed by atoms with Crippen LogP contribution in [0.2, 0.25) is 0 Å². The summed E-state index contributed by atoms with van der Waals surface area (Å²) in [7, 11) is 0. The minimum Gasteiger partial charge on any atom is -0.309 e. The van der Waals surface area contributed by atoms with E-state index in [0.29, 0.717) is 0 Å². The molecule has 2 aromatic heterocycles. The van der Waals surface area contributed by atoms with E-state index in [1.165, 1.54) is 99.2 Å². The first kappa shape index (κ1) is 33.9. The van der Waals surface area contributed by atoms with Gasteiger partial charge in [0.05, 0.1) is 22.1 Å². The molecule has 0 aliphatic carbocycles. The smallest absolute Gasteiger partial charge is 0.0542 e. The molecule has 0 spiro atoms. The van der Waals surface area contributed by atoms with E-state index in [-0.39, 0.29) is 0 Å². The van der Waals surface area contributed by atoms with Crippen molar-refractivity contribution in [3.05, 3.63) is 217 Å². The van der Waals surface area contributed by atoms with Crippen molar-refractivity contribution in [1.29, 1.82) is 0 Å². The predicted molar refractivity (Wildman–Crippen MR) is 246 cm³/mol. The van der Waals surface area contributed by atoms with Crippen LogP contribution in [-0.4, -0.2) is 9.13 Å². The molecule has 0 saturated heterocycles. The van der Waals surface area contributed by atoms with E-state index in [0.717, 1.165) is 11.4 Å². The van der Waals surface area contributed by atoms with E-state index in [4.69, 9.17) is 0 Å². The van der Waals surface area contributed by atoms with Crippen LogP contribution in [-0.2, 0) is 0 Å². The molecule has 58 heavy (non-hydrogen) atoms. The zero-order chi connectivity index (χ0) is 38.7. The van der Waals surface area contributed by atoms with E-state index in [9.17, 15) is 0 Å². The van der Waals surface area contributed by atoms with E-state index in [2.05, 4.69) is 229 Å². The maximum absolute atomic E-state index is 2.44. The molecule has 0 radical (unpaired) electrons. The van der Waals surface area contributed by atoms with Crippen LogP contribution in [0.15, 0.2) is 206 Å². The van der Waals surface area contributed by atoms with Crippen LogP contribution in [0.25, 0.3) is 99.5 Å². The highest BCUT2D eigenvalue weighted by atomic mass is 15.0. The van der Waals surface area contributed by atoms with E-state index < -0.39 is 0 Å². The highest BCUT2D eigenvalue weighted by molar-refractivity contribution is 6.12. The number of aromatic nitrogens is 2. The molecular formula is C56H40N2. The van der Waals surface area contributed by atoms with E-state index in [1.807, 2.05) is 0 Å². The van der Waals surface area contributed by atoms with Crippen LogP contribution >= 0.6 is 0 Å². The molecular weight excluding hydrogens is 701 g/mol. The standard InChI is InChI=1S/C56H40N2/c1-37-25-28-53-49(31-37)50-32-38(2)26-29-54(50)58(53)45-27-30-55-51(36-45)46-23-12-13-24-52(46)57(55)44-22-14-21-42(33-44)56-47(40-17-8-4-9-18-40)34-43(39-15-6-3-7-16-39)35-48(56)41-19-10-5-11-20-41/h3-36H,1-2H3. The summed E-state index contributed by atoms with van der Waals surface area (Å²) in [5, 5.41) is 5.05. The van der Waals surface area contributed by atoms with Gasteiger partial charge in [0.25, 0.3) is 0 Å². The second-order valence-corrected chi connectivity index (χ2v) is 15.5. The van der Waals surface area contributed by atoms with Crippen molar-refractivity contribution in [2.45, 2.75) is 13.8 Å². The van der Waals surface area contributed by atoms with Crippen LogP contribution in [0.5, 0.6) is 0 Å². The van der Waals surface area contributed by atoms with Crippen LogP contribution in [0.1, 0.15) is 11.1 Å². The summed E-state index contributed by atoms with van der Waals surface area (Å²) in [6.07, 6.45) is 0. The number of hydrogen-bond acceptors (Lipinski definition) is 0. The van der Waals surface area contributed by atoms with Gasteiger partial charge in [0, 0.05) is 32.9 Å². The van der Waals surface area contributed by atoms with Crippen LogP contribution in [0, 0.1) is 13.8 Å². The number of rotatable bonds is 6. The second kappa shape index (κ2) is 13.7. The van der Waals surface area contributed by atoms with Gasteiger partial charge in [-0.1, -0.05) is 145 Å². The maximum atomic E-state index is 2.44. The highest BCUT2D eigenvalue weighted by Crippen LogP contribution is 2.45. The molecule has 2 heterocycles. The lowest BCUT2D eigenvalue weighted by molar-refractivity contribution is 1.16. The van der Waals surface area contributed by atoms with Gasteiger partial charge in [0.1, 0.15) is 0 Å². The Hall–Kier alpha value is -7.42. The molecule has 0 amide bonds. The molecule has 274 valence electrons. The van der Waals surface area contributed by atoms with Crippen molar-refractivity contribution < 1.29 is 0 Å². The first-order valence-electron chi connectivity index (χ1n) is 20.1. The molecule has 11 aromatic rings. The van der Waals surface area contributed by atoms with Gasteiger partial charge in [-0.2, -0.15) is 0 Å². The molecule has 0 bridgehead atoms. The summed E-state index contributed by atoms with van der Waals surface area (Å²) in [5.74, 6) is 0. The van der Waals surface area contributed by atoms with Gasteiger partial charge in [-0.25, -0.2) is 0 Å². The van der Waals surface area contributed by atoms with Gasteiger partial charge in [-0.15, -0.1) is 0 Å². The van der Waals surface area contributed by atoms with Crippen molar-refractivity contribution in [1.82, 2.24) is 9.13 Å². The van der Waals surface area contributed by atoms with Gasteiger partial charge in [0.2, 0.25) is 0 Å². The average Bonchev–Trinajstić information content (AvgIpc) is 3.78. The van der Waals surface area contributed by atoms with Crippen molar-refractivity contribution in [2.24, 2.45) is 0 Å². The molecule has 9 aromatic carbocycles. The van der Waals surface area contributed by atoms with Crippen molar-refractivity contribution in [2.75, 3.05) is 0 Å². The molecule has 2 heteroatoms. The number of para-hydroxylation sites is 1. The third-order valence-electron chi connectivity index (χ3n) is 11.8. The largest absolute Gasteiger partial charge is 0.309 e. The lowest BCUT2D eigenvalue weighted by Crippen LogP contribution is -1.97. The topological polar surface area (TPSA) is 9.86 Å². The fourth-order valence-corrected chi connectivity index (χ4v) is 9.15. The lowest BCUT2D eigenvalue weighted by Gasteiger charge is -2.20. The molecule has 0 aliphatic heterocycles. The van der Waals surface area contributed by atoms with E-state index in [1.54, 1.807) is 0 Å². The molecule has 0 fully saturated rings. The third kappa shape index (κ3) is 5.56.